The Morgan fingerprint density at radius 3 is 2.85 bits per heavy atom. The van der Waals surface area contributed by atoms with Gasteiger partial charge in [0.05, 0.1) is 24.6 Å². The van der Waals surface area contributed by atoms with E-state index < -0.39 is 0 Å². The van der Waals surface area contributed by atoms with Crippen molar-refractivity contribution < 1.29 is 4.79 Å². The Bertz CT molecular complexity index is 530. The molecule has 0 bridgehead atoms. The van der Waals surface area contributed by atoms with Gasteiger partial charge in [-0.25, -0.2) is 0 Å². The van der Waals surface area contributed by atoms with Crippen LogP contribution >= 0.6 is 0 Å². The van der Waals surface area contributed by atoms with Gasteiger partial charge >= 0.3 is 0 Å². The lowest BCUT2D eigenvalue weighted by molar-refractivity contribution is 0.102. The van der Waals surface area contributed by atoms with Crippen molar-refractivity contribution in [2.75, 3.05) is 25.0 Å². The Kier molecular flexibility index (Phi) is 4.83. The summed E-state index contributed by atoms with van der Waals surface area (Å²) >= 11 is 0. The SMILES string of the molecule is CCN(CC)CCn1cc(NC(=O)c2cn[nH]n2)cn1. The molecule has 2 rings (SSSR count). The molecule has 0 atom stereocenters. The summed E-state index contributed by atoms with van der Waals surface area (Å²) in [5, 5.41) is 16.7. The highest BCUT2D eigenvalue weighted by atomic mass is 16.2. The maximum Gasteiger partial charge on any atom is 0.277 e. The zero-order valence-corrected chi connectivity index (χ0v) is 11.7. The number of aromatic amines is 1. The number of rotatable bonds is 7. The topological polar surface area (TPSA) is 91.7 Å². The molecule has 0 aliphatic rings. The smallest absolute Gasteiger partial charge is 0.277 e. The quantitative estimate of drug-likeness (QED) is 0.773. The van der Waals surface area contributed by atoms with E-state index in [4.69, 9.17) is 0 Å². The van der Waals surface area contributed by atoms with Crippen LogP contribution in [0, 0.1) is 0 Å². The number of carbonyl (C=O) groups excluding carboxylic acids is 1. The fraction of sp³-hybridized carbons (Fsp3) is 0.500. The molecule has 8 heteroatoms. The van der Waals surface area contributed by atoms with Crippen molar-refractivity contribution in [3.8, 4) is 0 Å². The fourth-order valence-electron chi connectivity index (χ4n) is 1.84. The third-order valence-corrected chi connectivity index (χ3v) is 3.08. The van der Waals surface area contributed by atoms with Gasteiger partial charge in [0, 0.05) is 12.7 Å². The van der Waals surface area contributed by atoms with Gasteiger partial charge in [0.25, 0.3) is 5.91 Å². The second-order valence-electron chi connectivity index (χ2n) is 4.33. The van der Waals surface area contributed by atoms with Crippen molar-refractivity contribution in [2.24, 2.45) is 0 Å². The predicted octanol–water partition coefficient (Wildman–Crippen LogP) is 0.595. The van der Waals surface area contributed by atoms with Gasteiger partial charge in [-0.15, -0.1) is 0 Å². The van der Waals surface area contributed by atoms with E-state index in [0.29, 0.717) is 5.69 Å². The summed E-state index contributed by atoms with van der Waals surface area (Å²) in [5.41, 5.74) is 0.901. The van der Waals surface area contributed by atoms with Gasteiger partial charge in [-0.1, -0.05) is 13.8 Å². The summed E-state index contributed by atoms with van der Waals surface area (Å²) in [5.74, 6) is -0.304. The number of carbonyl (C=O) groups is 1. The van der Waals surface area contributed by atoms with E-state index in [1.54, 1.807) is 6.20 Å². The number of hydrogen-bond donors (Lipinski definition) is 2. The van der Waals surface area contributed by atoms with E-state index >= 15 is 0 Å². The van der Waals surface area contributed by atoms with Crippen molar-refractivity contribution in [1.82, 2.24) is 30.1 Å². The highest BCUT2D eigenvalue weighted by molar-refractivity contribution is 6.02. The summed E-state index contributed by atoms with van der Waals surface area (Å²) in [6.07, 6.45) is 4.81. The molecule has 0 saturated heterocycles. The highest BCUT2D eigenvalue weighted by Crippen LogP contribution is 2.06. The number of amides is 1. The zero-order chi connectivity index (χ0) is 14.4. The van der Waals surface area contributed by atoms with E-state index in [0.717, 1.165) is 26.2 Å². The standard InChI is InChI=1S/C12H19N7O/c1-3-18(4-2)5-6-19-9-10(7-14-19)15-12(20)11-8-13-17-16-11/h7-9H,3-6H2,1-2H3,(H,15,20)(H,13,16,17). The first-order chi connectivity index (χ1) is 9.72. The molecular weight excluding hydrogens is 258 g/mol. The molecule has 2 heterocycles. The lowest BCUT2D eigenvalue weighted by atomic mass is 10.4. The van der Waals surface area contributed by atoms with Gasteiger partial charge in [0.1, 0.15) is 0 Å². The van der Waals surface area contributed by atoms with Crippen LogP contribution in [0.1, 0.15) is 24.3 Å². The van der Waals surface area contributed by atoms with E-state index in [1.807, 2.05) is 10.9 Å². The van der Waals surface area contributed by atoms with Gasteiger partial charge in [0.2, 0.25) is 0 Å². The molecule has 2 aromatic rings. The molecule has 0 unspecified atom stereocenters. The van der Waals surface area contributed by atoms with Gasteiger partial charge in [-0.3, -0.25) is 9.48 Å². The average molecular weight is 277 g/mol. The van der Waals surface area contributed by atoms with Gasteiger partial charge in [-0.05, 0) is 13.1 Å². The zero-order valence-electron chi connectivity index (χ0n) is 11.7. The number of nitrogens with zero attached hydrogens (tertiary/aromatic N) is 5. The van der Waals surface area contributed by atoms with Crippen molar-refractivity contribution >= 4 is 11.6 Å². The molecule has 0 radical (unpaired) electrons. The lowest BCUT2D eigenvalue weighted by Crippen LogP contribution is -2.27. The number of hydrogen-bond acceptors (Lipinski definition) is 5. The maximum absolute atomic E-state index is 11.8. The Balaban J connectivity index is 1.87. The monoisotopic (exact) mass is 277 g/mol. The molecule has 2 N–H and O–H groups in total. The molecule has 8 nitrogen and oxygen atoms in total. The fourth-order valence-corrected chi connectivity index (χ4v) is 1.84. The molecule has 0 saturated carbocycles. The first-order valence-corrected chi connectivity index (χ1v) is 6.64. The highest BCUT2D eigenvalue weighted by Gasteiger charge is 2.10. The van der Waals surface area contributed by atoms with Gasteiger partial charge in [0.15, 0.2) is 5.69 Å². The Labute approximate surface area is 117 Å². The number of anilines is 1. The van der Waals surface area contributed by atoms with Crippen molar-refractivity contribution in [1.29, 1.82) is 0 Å². The van der Waals surface area contributed by atoms with E-state index in [1.165, 1.54) is 6.20 Å². The molecule has 2 aromatic heterocycles. The minimum Gasteiger partial charge on any atom is -0.318 e. The summed E-state index contributed by atoms with van der Waals surface area (Å²) in [6.45, 7) is 8.04. The number of H-pyrrole nitrogens is 1. The van der Waals surface area contributed by atoms with Crippen LogP contribution in [-0.2, 0) is 6.54 Å². The van der Waals surface area contributed by atoms with Crippen molar-refractivity contribution in [2.45, 2.75) is 20.4 Å². The number of likely N-dealkylation sites (N-methyl/N-ethyl adjacent to an activating group) is 1. The summed E-state index contributed by atoms with van der Waals surface area (Å²) in [7, 11) is 0. The van der Waals surface area contributed by atoms with E-state index in [-0.39, 0.29) is 11.6 Å². The van der Waals surface area contributed by atoms with E-state index in [2.05, 4.69) is 44.6 Å². The third kappa shape index (κ3) is 3.64. The van der Waals surface area contributed by atoms with Crippen LogP contribution in [0.3, 0.4) is 0 Å². The first-order valence-electron chi connectivity index (χ1n) is 6.64. The largest absolute Gasteiger partial charge is 0.318 e. The molecule has 20 heavy (non-hydrogen) atoms. The molecule has 0 fully saturated rings. The molecular formula is C12H19N7O. The summed E-state index contributed by atoms with van der Waals surface area (Å²) in [6, 6.07) is 0. The molecule has 1 amide bonds. The second-order valence-corrected chi connectivity index (χ2v) is 4.33. The molecule has 0 aromatic carbocycles. The van der Waals surface area contributed by atoms with Crippen LogP contribution in [0.2, 0.25) is 0 Å². The van der Waals surface area contributed by atoms with Crippen molar-refractivity contribution in [3.63, 3.8) is 0 Å². The van der Waals surface area contributed by atoms with Crippen LogP contribution in [0.15, 0.2) is 18.6 Å². The lowest BCUT2D eigenvalue weighted by Gasteiger charge is -2.17. The molecule has 0 spiro atoms. The van der Waals surface area contributed by atoms with Crippen LogP contribution in [0.4, 0.5) is 5.69 Å². The minimum atomic E-state index is -0.304. The summed E-state index contributed by atoms with van der Waals surface area (Å²) in [4.78, 5) is 14.1. The normalized spacial score (nSPS) is 10.9. The van der Waals surface area contributed by atoms with Crippen molar-refractivity contribution in [3.05, 3.63) is 24.3 Å². The van der Waals surface area contributed by atoms with Crippen LogP contribution < -0.4 is 5.32 Å². The van der Waals surface area contributed by atoms with Gasteiger partial charge in [-0.2, -0.15) is 20.5 Å². The number of nitrogens with one attached hydrogen (secondary N) is 2. The Morgan fingerprint density at radius 1 is 1.40 bits per heavy atom. The maximum atomic E-state index is 11.8. The molecule has 0 aliphatic carbocycles. The van der Waals surface area contributed by atoms with E-state index in [9.17, 15) is 4.79 Å². The average Bonchev–Trinajstić information content (AvgIpc) is 3.11. The molecule has 108 valence electrons. The summed E-state index contributed by atoms with van der Waals surface area (Å²) < 4.78 is 1.82. The first kappa shape index (κ1) is 14.2. The Hall–Kier alpha value is -2.22. The number of aromatic nitrogens is 5. The molecule has 0 aliphatic heterocycles. The van der Waals surface area contributed by atoms with Crippen LogP contribution in [-0.4, -0.2) is 55.6 Å². The second kappa shape index (κ2) is 6.80. The predicted molar refractivity (Wildman–Crippen MR) is 74.4 cm³/mol. The van der Waals surface area contributed by atoms with Crippen LogP contribution in [0.5, 0.6) is 0 Å². The minimum absolute atomic E-state index is 0.251. The van der Waals surface area contributed by atoms with Crippen LogP contribution in [0.25, 0.3) is 0 Å². The Morgan fingerprint density at radius 2 is 2.20 bits per heavy atom. The third-order valence-electron chi connectivity index (χ3n) is 3.08. The van der Waals surface area contributed by atoms with Gasteiger partial charge < -0.3 is 10.2 Å².